The molecule has 0 radical (unpaired) electrons. The van der Waals surface area contributed by atoms with E-state index in [9.17, 15) is 0 Å². The van der Waals surface area contributed by atoms with E-state index in [2.05, 4.69) is 219 Å². The lowest BCUT2D eigenvalue weighted by atomic mass is 10.2. The molecule has 368 valence electrons. The van der Waals surface area contributed by atoms with E-state index >= 15 is 0 Å². The molecule has 0 unspecified atom stereocenters. The van der Waals surface area contributed by atoms with Gasteiger partial charge in [0.1, 0.15) is 0 Å². The molecule has 0 amide bonds. The molecule has 1 heterocycles. The second-order valence-corrected chi connectivity index (χ2v) is 58.3. The van der Waals surface area contributed by atoms with Crippen molar-refractivity contribution in [2.45, 2.75) is 206 Å². The molecule has 0 aromatic carbocycles. The smallest absolute Gasteiger partial charge is 0.352 e. The van der Waals surface area contributed by atoms with Crippen LogP contribution in [-0.4, -0.2) is 68.5 Å². The van der Waals surface area contributed by atoms with Crippen molar-refractivity contribution in [2.75, 3.05) is 0 Å². The van der Waals surface area contributed by atoms with Crippen molar-refractivity contribution < 1.29 is 32.9 Å². The van der Waals surface area contributed by atoms with Gasteiger partial charge in [-0.05, 0) is 0 Å². The van der Waals surface area contributed by atoms with Crippen LogP contribution in [0.25, 0.3) is 0 Å². The Morgan fingerprint density at radius 3 is 0.281 bits per heavy atom. The van der Waals surface area contributed by atoms with E-state index in [4.69, 9.17) is 32.9 Å². The minimum atomic E-state index is -3.83. The van der Waals surface area contributed by atoms with Crippen molar-refractivity contribution in [3.05, 3.63) is 98.2 Å². The molecule has 0 N–H and O–H groups in total. The van der Waals surface area contributed by atoms with E-state index in [1.165, 1.54) is 0 Å². The van der Waals surface area contributed by atoms with Crippen molar-refractivity contribution in [3.8, 4) is 0 Å². The number of rotatable bonds is 8. The maximum absolute atomic E-state index is 8.04. The first kappa shape index (κ1) is 61.4. The predicted molar refractivity (Wildman–Crippen MR) is 294 cm³/mol. The predicted octanol–water partition coefficient (Wildman–Crippen LogP) is 15.9. The summed E-state index contributed by atoms with van der Waals surface area (Å²) in [5.41, 5.74) is 15.2. The fourth-order valence-corrected chi connectivity index (χ4v) is 56.1. The molecule has 0 spiro atoms. The highest BCUT2D eigenvalue weighted by Gasteiger charge is 2.72. The molecular weight excluding hydrogens is 929 g/mol. The highest BCUT2D eigenvalue weighted by molar-refractivity contribution is 7.03. The molecule has 0 atom stereocenters. The molecule has 1 aliphatic rings. The lowest BCUT2D eigenvalue weighted by molar-refractivity contribution is 0.186. The molecule has 0 aliphatic carbocycles. The highest BCUT2D eigenvalue weighted by atomic mass is 28.5. The zero-order chi connectivity index (χ0) is 51.3. The summed E-state index contributed by atoms with van der Waals surface area (Å²) in [6.07, 6.45) is 0. The molecule has 0 aromatic heterocycles. The van der Waals surface area contributed by atoms with Crippen LogP contribution in [0.5, 0.6) is 0 Å². The molecule has 16 heteroatoms. The molecule has 1 saturated heterocycles. The van der Waals surface area contributed by atoms with Crippen molar-refractivity contribution in [1.82, 2.24) is 0 Å². The molecule has 1 rings (SSSR count). The maximum Gasteiger partial charge on any atom is 0.352 e. The summed E-state index contributed by atoms with van der Waals surface area (Å²) < 4.78 is 64.3. The summed E-state index contributed by atoms with van der Waals surface area (Å²) in [5.74, 6) is 0. The minimum absolute atomic E-state index is 0.641. The van der Waals surface area contributed by atoms with E-state index in [-0.39, 0.29) is 0 Å². The molecule has 0 saturated carbocycles. The number of hydrogen-bond acceptors (Lipinski definition) is 8. The molecule has 1 fully saturated rings. The Morgan fingerprint density at radius 2 is 0.250 bits per heavy atom. The lowest BCUT2D eigenvalue weighted by Gasteiger charge is -2.60. The zero-order valence-electron chi connectivity index (χ0n) is 45.5. The van der Waals surface area contributed by atoms with Gasteiger partial charge in [-0.1, -0.05) is 212 Å². The van der Waals surface area contributed by atoms with Crippen LogP contribution in [0.2, 0.25) is 40.3 Å². The summed E-state index contributed by atoms with van der Waals surface area (Å²) in [7, 11) is -30.6. The largest absolute Gasteiger partial charge is 0.409 e. The Balaban J connectivity index is 5.43. The van der Waals surface area contributed by atoms with Gasteiger partial charge >= 0.3 is 68.5 Å². The van der Waals surface area contributed by atoms with Gasteiger partial charge in [0, 0.05) is 40.3 Å². The second-order valence-electron chi connectivity index (χ2n) is 25.8. The lowest BCUT2D eigenvalue weighted by Crippen LogP contribution is -2.75. The van der Waals surface area contributed by atoms with E-state index in [0.29, 0.717) is 0 Å². The SMILES string of the molecule is C=C[Si]1(C(C)(C)C)O[Si](C=C)(C(C)(C)C)O[Si](C=C)(C(C)(C)C)O[Si](C=C)(C(C)(C)C)O[Si](C=C)(C(C)(C)C)O[Si](C=C)(C(C)(C)C)O[Si](C=C)(C(C)(C)C)O[Si](C=C)(C(C)(C)C)O1. The average molecular weight is 1030 g/mol. The third-order valence-electron chi connectivity index (χ3n) is 12.9. The zero-order valence-corrected chi connectivity index (χ0v) is 53.5. The monoisotopic (exact) mass is 1020 g/mol. The standard InChI is InChI=1S/C48H96O8Si8/c1-33-57(41(9,10)11)49-58(34-2,42(12,13)14)51-60(36-4,44(18,19)20)53-62(38-6,46(24,25)26)55-64(40-8,48(30,31)32)56-63(39-7,47(27,28)29)54-61(37-5,45(21,22)23)52-59(35-3,50-57)43(15,16)17/h33-40H,1-8H2,9-32H3. The molecular formula is C48H96O8Si8. The van der Waals surface area contributed by atoms with Crippen molar-refractivity contribution >= 4 is 68.5 Å². The second kappa shape index (κ2) is 18.9. The Bertz CT molecular complexity index is 1350. The molecule has 0 aromatic rings. The Morgan fingerprint density at radius 1 is 0.188 bits per heavy atom. The molecule has 8 nitrogen and oxygen atoms in total. The first-order valence-electron chi connectivity index (χ1n) is 22.8. The topological polar surface area (TPSA) is 73.8 Å². The third-order valence-corrected chi connectivity index (χ3v) is 53.4. The number of hydrogen-bond donors (Lipinski definition) is 0. The Kier molecular flexibility index (Phi) is 18.1. The van der Waals surface area contributed by atoms with Gasteiger partial charge in [0.05, 0.1) is 0 Å². The van der Waals surface area contributed by atoms with E-state index in [0.717, 1.165) is 0 Å². The Labute approximate surface area is 403 Å². The first-order valence-corrected chi connectivity index (χ1v) is 38.0. The van der Waals surface area contributed by atoms with Crippen LogP contribution in [0, 0.1) is 0 Å². The van der Waals surface area contributed by atoms with Crippen LogP contribution in [0.4, 0.5) is 0 Å². The van der Waals surface area contributed by atoms with Crippen molar-refractivity contribution in [2.24, 2.45) is 0 Å². The normalized spacial score (nSPS) is 35.4. The van der Waals surface area contributed by atoms with Crippen molar-refractivity contribution in [1.29, 1.82) is 0 Å². The van der Waals surface area contributed by atoms with Gasteiger partial charge in [-0.2, -0.15) is 0 Å². The maximum atomic E-state index is 8.04. The van der Waals surface area contributed by atoms with Gasteiger partial charge in [-0.3, -0.25) is 0 Å². The van der Waals surface area contributed by atoms with Gasteiger partial charge in [0.2, 0.25) is 0 Å². The van der Waals surface area contributed by atoms with Crippen LogP contribution >= 0.6 is 0 Å². The first-order chi connectivity index (χ1) is 28.1. The average Bonchev–Trinajstić information content (AvgIpc) is 3.10. The third kappa shape index (κ3) is 10.9. The summed E-state index contributed by atoms with van der Waals surface area (Å²) in [6.45, 7) is 87.8. The van der Waals surface area contributed by atoms with E-state index in [1.807, 2.05) is 45.6 Å². The Hall–Kier alpha value is -0.665. The van der Waals surface area contributed by atoms with Gasteiger partial charge < -0.3 is 32.9 Å². The fourth-order valence-electron chi connectivity index (χ4n) is 7.53. The van der Waals surface area contributed by atoms with Gasteiger partial charge in [-0.25, -0.2) is 0 Å². The fraction of sp³-hybridized carbons (Fsp3) is 0.667. The minimum Gasteiger partial charge on any atom is -0.409 e. The molecule has 0 bridgehead atoms. The molecule has 1 aliphatic heterocycles. The quantitative estimate of drug-likeness (QED) is 0.223. The van der Waals surface area contributed by atoms with Crippen molar-refractivity contribution in [3.63, 3.8) is 0 Å². The summed E-state index contributed by atoms with van der Waals surface area (Å²) in [4.78, 5) is 0. The van der Waals surface area contributed by atoms with Gasteiger partial charge in [-0.15, -0.1) is 52.6 Å². The van der Waals surface area contributed by atoms with Crippen LogP contribution in [0.3, 0.4) is 0 Å². The van der Waals surface area contributed by atoms with Crippen LogP contribution < -0.4 is 0 Å². The van der Waals surface area contributed by atoms with E-state index in [1.54, 1.807) is 0 Å². The van der Waals surface area contributed by atoms with Crippen LogP contribution in [0.15, 0.2) is 98.2 Å². The summed E-state index contributed by atoms with van der Waals surface area (Å²) >= 11 is 0. The van der Waals surface area contributed by atoms with Gasteiger partial charge in [0.25, 0.3) is 0 Å². The van der Waals surface area contributed by atoms with E-state index < -0.39 is 109 Å². The van der Waals surface area contributed by atoms with Crippen LogP contribution in [0.1, 0.15) is 166 Å². The molecule has 64 heavy (non-hydrogen) atoms. The highest BCUT2D eigenvalue weighted by Crippen LogP contribution is 2.59. The summed E-state index contributed by atoms with van der Waals surface area (Å²) in [5, 5.41) is -5.13. The van der Waals surface area contributed by atoms with Crippen LogP contribution in [-0.2, 0) is 32.9 Å². The summed E-state index contributed by atoms with van der Waals surface area (Å²) in [6, 6.07) is 0. The van der Waals surface area contributed by atoms with Gasteiger partial charge in [0.15, 0.2) is 0 Å².